The van der Waals surface area contributed by atoms with Gasteiger partial charge in [-0.2, -0.15) is 5.10 Å². The molecule has 3 rings (SSSR count). The number of aromatic nitrogens is 3. The van der Waals surface area contributed by atoms with Crippen molar-refractivity contribution in [1.29, 1.82) is 0 Å². The monoisotopic (exact) mass is 354 g/mol. The normalized spacial score (nSPS) is 11.1. The Morgan fingerprint density at radius 3 is 2.69 bits per heavy atom. The quantitative estimate of drug-likeness (QED) is 0.706. The van der Waals surface area contributed by atoms with Crippen LogP contribution in [0, 0.1) is 26.6 Å². The predicted molar refractivity (Wildman–Crippen MR) is 98.4 cm³/mol. The average molecular weight is 354 g/mol. The van der Waals surface area contributed by atoms with Crippen LogP contribution < -0.4 is 0 Å². The van der Waals surface area contributed by atoms with Gasteiger partial charge in [-0.25, -0.2) is 13.9 Å². The van der Waals surface area contributed by atoms with Crippen molar-refractivity contribution in [3.8, 4) is 0 Å². The van der Waals surface area contributed by atoms with Gasteiger partial charge in [0.15, 0.2) is 5.65 Å². The summed E-state index contributed by atoms with van der Waals surface area (Å²) in [5.74, 6) is -0.314. The van der Waals surface area contributed by atoms with Gasteiger partial charge in [0.1, 0.15) is 5.82 Å². The first-order chi connectivity index (χ1) is 12.4. The van der Waals surface area contributed by atoms with Crippen LogP contribution in [-0.2, 0) is 17.8 Å². The van der Waals surface area contributed by atoms with Crippen LogP contribution in [0.5, 0.6) is 0 Å². The number of carbonyl (C=O) groups excluding carboxylic acids is 1. The Hall–Kier alpha value is -2.76. The fraction of sp³-hybridized carbons (Fsp3) is 0.350. The lowest BCUT2D eigenvalue weighted by molar-refractivity contribution is -0.130. The molecule has 5 nitrogen and oxygen atoms in total. The van der Waals surface area contributed by atoms with Crippen LogP contribution in [-0.4, -0.2) is 32.5 Å². The summed E-state index contributed by atoms with van der Waals surface area (Å²) in [5.41, 5.74) is 5.21. The number of rotatable bonds is 5. The van der Waals surface area contributed by atoms with Crippen LogP contribution in [0.3, 0.4) is 0 Å². The fourth-order valence-electron chi connectivity index (χ4n) is 3.20. The molecule has 0 N–H and O–H groups in total. The number of hydrogen-bond donors (Lipinski definition) is 0. The van der Waals surface area contributed by atoms with Crippen molar-refractivity contribution in [2.45, 2.75) is 40.2 Å². The van der Waals surface area contributed by atoms with E-state index >= 15 is 0 Å². The van der Waals surface area contributed by atoms with Gasteiger partial charge in [0.05, 0.1) is 5.69 Å². The number of carbonyl (C=O) groups is 1. The van der Waals surface area contributed by atoms with Crippen LogP contribution in [0.4, 0.5) is 4.39 Å². The zero-order valence-electron chi connectivity index (χ0n) is 15.6. The molecule has 0 radical (unpaired) electrons. The molecule has 0 aliphatic rings. The minimum absolute atomic E-state index is 0.0243. The maximum Gasteiger partial charge on any atom is 0.222 e. The minimum atomic E-state index is -0.289. The Kier molecular flexibility index (Phi) is 5.02. The van der Waals surface area contributed by atoms with E-state index in [9.17, 15) is 9.18 Å². The van der Waals surface area contributed by atoms with Gasteiger partial charge in [0.2, 0.25) is 5.91 Å². The van der Waals surface area contributed by atoms with Crippen LogP contribution in [0.2, 0.25) is 0 Å². The zero-order valence-corrected chi connectivity index (χ0v) is 15.6. The standard InChI is InChI=1S/C20H23FN4O/c1-13-11-19-22-14(2)17(15(3)25(19)23-13)9-10-20(26)24(4)12-16-7-5-6-8-18(16)21/h5-8,11H,9-10,12H2,1-4H3. The van der Waals surface area contributed by atoms with Crippen LogP contribution in [0.15, 0.2) is 30.3 Å². The van der Waals surface area contributed by atoms with Crippen molar-refractivity contribution >= 4 is 11.6 Å². The van der Waals surface area contributed by atoms with E-state index in [0.29, 0.717) is 18.4 Å². The number of benzene rings is 1. The van der Waals surface area contributed by atoms with E-state index in [1.165, 1.54) is 6.07 Å². The number of halogens is 1. The third-order valence-electron chi connectivity index (χ3n) is 4.67. The second-order valence-electron chi connectivity index (χ2n) is 6.66. The first kappa shape index (κ1) is 18.0. The molecule has 2 heterocycles. The molecule has 0 saturated heterocycles. The van der Waals surface area contributed by atoms with Crippen LogP contribution >= 0.6 is 0 Å². The van der Waals surface area contributed by atoms with Gasteiger partial charge in [-0.3, -0.25) is 4.79 Å². The zero-order chi connectivity index (χ0) is 18.8. The lowest BCUT2D eigenvalue weighted by Gasteiger charge is -2.18. The SMILES string of the molecule is Cc1cc2nc(C)c(CCC(=O)N(C)Cc3ccccc3F)c(C)n2n1. The topological polar surface area (TPSA) is 50.5 Å². The van der Waals surface area contributed by atoms with Crippen molar-refractivity contribution in [1.82, 2.24) is 19.5 Å². The van der Waals surface area contributed by atoms with Gasteiger partial charge in [-0.15, -0.1) is 0 Å². The molecule has 0 saturated carbocycles. The van der Waals surface area contributed by atoms with Gasteiger partial charge >= 0.3 is 0 Å². The maximum atomic E-state index is 13.8. The van der Waals surface area contributed by atoms with Crippen LogP contribution in [0.25, 0.3) is 5.65 Å². The summed E-state index contributed by atoms with van der Waals surface area (Å²) >= 11 is 0. The molecule has 1 aromatic carbocycles. The highest BCUT2D eigenvalue weighted by molar-refractivity contribution is 5.76. The number of nitrogens with zero attached hydrogens (tertiary/aromatic N) is 4. The van der Waals surface area contributed by atoms with Crippen molar-refractivity contribution in [3.63, 3.8) is 0 Å². The van der Waals surface area contributed by atoms with Gasteiger partial charge < -0.3 is 4.90 Å². The first-order valence-electron chi connectivity index (χ1n) is 8.66. The predicted octanol–water partition coefficient (Wildman–Crippen LogP) is 3.38. The molecule has 6 heteroatoms. The molecule has 0 atom stereocenters. The highest BCUT2D eigenvalue weighted by atomic mass is 19.1. The average Bonchev–Trinajstić information content (AvgIpc) is 2.97. The Morgan fingerprint density at radius 2 is 1.96 bits per heavy atom. The molecule has 136 valence electrons. The fourth-order valence-corrected chi connectivity index (χ4v) is 3.20. The molecule has 2 aromatic heterocycles. The molecule has 0 fully saturated rings. The summed E-state index contributed by atoms with van der Waals surface area (Å²) in [4.78, 5) is 18.6. The molecular weight excluding hydrogens is 331 g/mol. The first-order valence-corrected chi connectivity index (χ1v) is 8.66. The summed E-state index contributed by atoms with van der Waals surface area (Å²) in [6, 6.07) is 8.47. The number of fused-ring (bicyclic) bond motifs is 1. The Morgan fingerprint density at radius 1 is 1.23 bits per heavy atom. The second-order valence-corrected chi connectivity index (χ2v) is 6.66. The van der Waals surface area contributed by atoms with Crippen molar-refractivity contribution < 1.29 is 9.18 Å². The molecule has 26 heavy (non-hydrogen) atoms. The third kappa shape index (κ3) is 3.59. The van der Waals surface area contributed by atoms with Crippen molar-refractivity contribution in [3.05, 3.63) is 64.4 Å². The molecule has 0 unspecified atom stereocenters. The maximum absolute atomic E-state index is 13.8. The highest BCUT2D eigenvalue weighted by Gasteiger charge is 2.15. The van der Waals surface area contributed by atoms with E-state index in [4.69, 9.17) is 0 Å². The van der Waals surface area contributed by atoms with Crippen molar-refractivity contribution in [2.24, 2.45) is 0 Å². The lowest BCUT2D eigenvalue weighted by atomic mass is 10.1. The van der Waals surface area contributed by atoms with E-state index in [2.05, 4.69) is 10.1 Å². The van der Waals surface area contributed by atoms with Gasteiger partial charge in [0.25, 0.3) is 0 Å². The molecule has 0 spiro atoms. The third-order valence-corrected chi connectivity index (χ3v) is 4.67. The Labute approximate surface area is 152 Å². The van der Waals surface area contributed by atoms with E-state index in [1.807, 2.05) is 31.4 Å². The van der Waals surface area contributed by atoms with E-state index < -0.39 is 0 Å². The largest absolute Gasteiger partial charge is 0.341 e. The summed E-state index contributed by atoms with van der Waals surface area (Å²) in [5, 5.41) is 4.46. The molecular formula is C20H23FN4O. The minimum Gasteiger partial charge on any atom is -0.341 e. The van der Waals surface area contributed by atoms with Gasteiger partial charge in [-0.1, -0.05) is 18.2 Å². The van der Waals surface area contributed by atoms with E-state index in [0.717, 1.165) is 28.3 Å². The number of amides is 1. The summed E-state index contributed by atoms with van der Waals surface area (Å²) in [7, 11) is 1.70. The summed E-state index contributed by atoms with van der Waals surface area (Å²) in [6.45, 7) is 6.15. The van der Waals surface area contributed by atoms with Crippen molar-refractivity contribution in [2.75, 3.05) is 7.05 Å². The lowest BCUT2D eigenvalue weighted by Crippen LogP contribution is -2.27. The molecule has 0 aliphatic heterocycles. The van der Waals surface area contributed by atoms with Crippen LogP contribution in [0.1, 0.15) is 34.6 Å². The number of hydrogen-bond acceptors (Lipinski definition) is 3. The Balaban J connectivity index is 1.71. The molecule has 0 bridgehead atoms. The smallest absolute Gasteiger partial charge is 0.222 e. The summed E-state index contributed by atoms with van der Waals surface area (Å²) in [6.07, 6.45) is 0.931. The molecule has 3 aromatic rings. The molecule has 1 amide bonds. The second kappa shape index (κ2) is 7.23. The highest BCUT2D eigenvalue weighted by Crippen LogP contribution is 2.18. The van der Waals surface area contributed by atoms with Gasteiger partial charge in [-0.05, 0) is 38.8 Å². The van der Waals surface area contributed by atoms with Gasteiger partial charge in [0, 0.05) is 43.0 Å². The van der Waals surface area contributed by atoms with E-state index in [1.54, 1.807) is 30.1 Å². The number of aryl methyl sites for hydroxylation is 3. The Bertz CT molecular complexity index is 964. The molecule has 0 aliphatic carbocycles. The van der Waals surface area contributed by atoms with E-state index in [-0.39, 0.29) is 18.3 Å². The summed E-state index contributed by atoms with van der Waals surface area (Å²) < 4.78 is 15.6.